The second-order valence-corrected chi connectivity index (χ2v) is 4.04. The molecule has 0 atom stereocenters. The van der Waals surface area contributed by atoms with Crippen LogP contribution in [0.2, 0.25) is 0 Å². The van der Waals surface area contributed by atoms with Gasteiger partial charge in [0.1, 0.15) is 18.1 Å². The number of carboxylic acid groups (broad SMARTS) is 2. The lowest BCUT2D eigenvalue weighted by molar-refractivity contribution is -0.133. The fraction of sp³-hybridized carbons (Fsp3) is 0.143. The molecule has 0 bridgehead atoms. The summed E-state index contributed by atoms with van der Waals surface area (Å²) in [5, 5.41) is 27.2. The van der Waals surface area contributed by atoms with Crippen LogP contribution < -0.4 is 4.74 Å². The van der Waals surface area contributed by atoms with E-state index in [4.69, 9.17) is 14.9 Å². The fourth-order valence-corrected chi connectivity index (χ4v) is 1.38. The Labute approximate surface area is 115 Å². The van der Waals surface area contributed by atoms with Gasteiger partial charge in [-0.1, -0.05) is 19.2 Å². The second kappa shape index (κ2) is 6.42. The molecule has 0 aliphatic carbocycles. The van der Waals surface area contributed by atoms with Crippen LogP contribution in [0.25, 0.3) is 0 Å². The average molecular weight is 278 g/mol. The Bertz CT molecular complexity index is 573. The molecule has 0 fully saturated rings. The molecule has 3 N–H and O–H groups in total. The van der Waals surface area contributed by atoms with Gasteiger partial charge < -0.3 is 20.1 Å². The van der Waals surface area contributed by atoms with E-state index in [1.54, 1.807) is 0 Å². The molecule has 0 amide bonds. The third kappa shape index (κ3) is 3.88. The molecule has 0 heterocycles. The van der Waals surface area contributed by atoms with E-state index in [0.29, 0.717) is 0 Å². The molecule has 6 nitrogen and oxygen atoms in total. The van der Waals surface area contributed by atoms with Crippen LogP contribution in [-0.4, -0.2) is 33.9 Å². The number of aromatic hydroxyl groups is 1. The molecule has 106 valence electrons. The number of ether oxygens (including phenoxy) is 1. The Kier molecular flexibility index (Phi) is 4.91. The quantitative estimate of drug-likeness (QED) is 0.654. The van der Waals surface area contributed by atoms with E-state index < -0.39 is 11.9 Å². The number of hydrogen-bond acceptors (Lipinski definition) is 4. The second-order valence-electron chi connectivity index (χ2n) is 4.04. The summed E-state index contributed by atoms with van der Waals surface area (Å²) in [6, 6.07) is 4.38. The average Bonchev–Trinajstić information content (AvgIpc) is 2.38. The Hall–Kier alpha value is -2.76. The van der Waals surface area contributed by atoms with E-state index in [-0.39, 0.29) is 41.2 Å². The van der Waals surface area contributed by atoms with Crippen LogP contribution in [0.3, 0.4) is 0 Å². The molecule has 0 radical (unpaired) electrons. The molecule has 1 rings (SSSR count). The first-order chi connectivity index (χ1) is 9.32. The molecular weight excluding hydrogens is 264 g/mol. The van der Waals surface area contributed by atoms with Gasteiger partial charge in [-0.2, -0.15) is 0 Å². The molecule has 0 saturated carbocycles. The highest BCUT2D eigenvalue weighted by Crippen LogP contribution is 2.30. The van der Waals surface area contributed by atoms with Gasteiger partial charge in [0.2, 0.25) is 0 Å². The third-order valence-electron chi connectivity index (χ3n) is 2.51. The van der Waals surface area contributed by atoms with Crippen LogP contribution in [0.15, 0.2) is 42.5 Å². The fourth-order valence-electron chi connectivity index (χ4n) is 1.38. The van der Waals surface area contributed by atoms with E-state index in [9.17, 15) is 14.7 Å². The molecule has 0 spiro atoms. The first-order valence-corrected chi connectivity index (χ1v) is 5.58. The van der Waals surface area contributed by atoms with Gasteiger partial charge in [0, 0.05) is 17.6 Å². The molecule has 1 aromatic rings. The summed E-state index contributed by atoms with van der Waals surface area (Å²) in [4.78, 5) is 21.4. The van der Waals surface area contributed by atoms with E-state index in [1.807, 2.05) is 0 Å². The van der Waals surface area contributed by atoms with E-state index in [0.717, 1.165) is 0 Å². The molecule has 0 aliphatic heterocycles. The maximum atomic E-state index is 10.8. The zero-order chi connectivity index (χ0) is 15.3. The third-order valence-corrected chi connectivity index (χ3v) is 2.51. The number of carboxylic acids is 2. The predicted octanol–water partition coefficient (Wildman–Crippen LogP) is 1.60. The number of phenolic OH excluding ortho intramolecular Hbond substituents is 1. The molecule has 0 unspecified atom stereocenters. The standard InChI is InChI=1S/C14H14O6/c1-8(13(16)17)6-10-11(15)4-3-5-12(10)20-7-9(2)14(18)19/h3-5,15H,1-2,6-7H2,(H,16,17)(H,18,19). The van der Waals surface area contributed by atoms with Gasteiger partial charge in [0.25, 0.3) is 0 Å². The summed E-state index contributed by atoms with van der Waals surface area (Å²) < 4.78 is 5.25. The highest BCUT2D eigenvalue weighted by Gasteiger charge is 2.15. The lowest BCUT2D eigenvalue weighted by Crippen LogP contribution is -2.10. The van der Waals surface area contributed by atoms with Crippen molar-refractivity contribution in [1.82, 2.24) is 0 Å². The summed E-state index contributed by atoms with van der Waals surface area (Å²) >= 11 is 0. The van der Waals surface area contributed by atoms with Crippen LogP contribution in [0.5, 0.6) is 11.5 Å². The molecule has 0 saturated heterocycles. The van der Waals surface area contributed by atoms with Gasteiger partial charge in [-0.05, 0) is 12.1 Å². The lowest BCUT2D eigenvalue weighted by Gasteiger charge is -2.13. The summed E-state index contributed by atoms with van der Waals surface area (Å²) in [5.41, 5.74) is -0.0390. The molecule has 1 aromatic carbocycles. The van der Waals surface area contributed by atoms with Gasteiger partial charge >= 0.3 is 11.9 Å². The van der Waals surface area contributed by atoms with Crippen LogP contribution in [-0.2, 0) is 16.0 Å². The Balaban J connectivity index is 2.93. The van der Waals surface area contributed by atoms with Crippen LogP contribution in [0.4, 0.5) is 0 Å². The Morgan fingerprint density at radius 1 is 1.10 bits per heavy atom. The summed E-state index contributed by atoms with van der Waals surface area (Å²) in [6.07, 6.45) is -0.114. The van der Waals surface area contributed by atoms with Gasteiger partial charge in [-0.3, -0.25) is 0 Å². The van der Waals surface area contributed by atoms with Crippen molar-refractivity contribution in [3.63, 3.8) is 0 Å². The zero-order valence-electron chi connectivity index (χ0n) is 10.6. The normalized spacial score (nSPS) is 9.80. The van der Waals surface area contributed by atoms with Crippen molar-refractivity contribution in [3.05, 3.63) is 48.1 Å². The van der Waals surface area contributed by atoms with Gasteiger partial charge in [-0.25, -0.2) is 9.59 Å². The first-order valence-electron chi connectivity index (χ1n) is 5.58. The van der Waals surface area contributed by atoms with Crippen molar-refractivity contribution in [2.75, 3.05) is 6.61 Å². The van der Waals surface area contributed by atoms with Crippen LogP contribution in [0.1, 0.15) is 5.56 Å². The molecule has 6 heteroatoms. The largest absolute Gasteiger partial charge is 0.508 e. The maximum Gasteiger partial charge on any atom is 0.334 e. The summed E-state index contributed by atoms with van der Waals surface area (Å²) in [7, 11) is 0. The van der Waals surface area contributed by atoms with E-state index in [2.05, 4.69) is 13.2 Å². The summed E-state index contributed by atoms with van der Waals surface area (Å²) in [6.45, 7) is 6.42. The maximum absolute atomic E-state index is 10.8. The van der Waals surface area contributed by atoms with Crippen LogP contribution in [0, 0.1) is 0 Å². The Morgan fingerprint density at radius 2 is 1.70 bits per heavy atom. The molecule has 0 aliphatic rings. The van der Waals surface area contributed by atoms with Crippen molar-refractivity contribution in [2.24, 2.45) is 0 Å². The lowest BCUT2D eigenvalue weighted by atomic mass is 10.0. The molecule has 20 heavy (non-hydrogen) atoms. The number of phenols is 1. The number of hydrogen-bond donors (Lipinski definition) is 3. The van der Waals surface area contributed by atoms with Crippen molar-refractivity contribution < 1.29 is 29.6 Å². The highest BCUT2D eigenvalue weighted by molar-refractivity contribution is 5.87. The topological polar surface area (TPSA) is 104 Å². The van der Waals surface area contributed by atoms with Gasteiger partial charge in [0.15, 0.2) is 0 Å². The zero-order valence-corrected chi connectivity index (χ0v) is 10.6. The number of aliphatic carboxylic acids is 2. The highest BCUT2D eigenvalue weighted by atomic mass is 16.5. The van der Waals surface area contributed by atoms with Crippen molar-refractivity contribution in [3.8, 4) is 11.5 Å². The number of carbonyl (C=O) groups is 2. The molecular formula is C14H14O6. The van der Waals surface area contributed by atoms with Gasteiger partial charge in [0.05, 0.1) is 5.57 Å². The summed E-state index contributed by atoms with van der Waals surface area (Å²) in [5.74, 6) is -2.34. The smallest absolute Gasteiger partial charge is 0.334 e. The minimum atomic E-state index is -1.19. The van der Waals surface area contributed by atoms with E-state index in [1.165, 1.54) is 18.2 Å². The predicted molar refractivity (Wildman–Crippen MR) is 70.9 cm³/mol. The number of benzene rings is 1. The van der Waals surface area contributed by atoms with Crippen LogP contribution >= 0.6 is 0 Å². The minimum Gasteiger partial charge on any atom is -0.508 e. The van der Waals surface area contributed by atoms with Gasteiger partial charge in [-0.15, -0.1) is 0 Å². The molecule has 0 aromatic heterocycles. The minimum absolute atomic E-state index is 0.114. The Morgan fingerprint density at radius 3 is 2.25 bits per heavy atom. The van der Waals surface area contributed by atoms with Crippen molar-refractivity contribution in [2.45, 2.75) is 6.42 Å². The van der Waals surface area contributed by atoms with Crippen molar-refractivity contribution in [1.29, 1.82) is 0 Å². The SMILES string of the molecule is C=C(COc1cccc(O)c1CC(=C)C(=O)O)C(=O)O. The number of rotatable bonds is 7. The van der Waals surface area contributed by atoms with Crippen molar-refractivity contribution >= 4 is 11.9 Å². The van der Waals surface area contributed by atoms with E-state index >= 15 is 0 Å². The first kappa shape index (κ1) is 15.3. The monoisotopic (exact) mass is 278 g/mol.